The number of hydrogen-bond acceptors (Lipinski definition) is 2. The van der Waals surface area contributed by atoms with E-state index in [2.05, 4.69) is 185 Å². The van der Waals surface area contributed by atoms with E-state index in [9.17, 15) is 0 Å². The highest BCUT2D eigenvalue weighted by Gasteiger charge is 2.37. The van der Waals surface area contributed by atoms with E-state index < -0.39 is 0 Å². The van der Waals surface area contributed by atoms with Crippen LogP contribution in [0.5, 0.6) is 0 Å². The van der Waals surface area contributed by atoms with Crippen LogP contribution in [-0.2, 0) is 0 Å². The number of benzene rings is 7. The summed E-state index contributed by atoms with van der Waals surface area (Å²) in [5.74, 6) is 0.339. The Morgan fingerprint density at radius 3 is 2.10 bits per heavy atom. The Morgan fingerprint density at radius 1 is 0.510 bits per heavy atom. The molecule has 3 heteroatoms. The van der Waals surface area contributed by atoms with Gasteiger partial charge in [-0.1, -0.05) is 121 Å². The van der Waals surface area contributed by atoms with Crippen molar-refractivity contribution in [2.75, 3.05) is 4.90 Å². The van der Waals surface area contributed by atoms with Crippen molar-refractivity contribution < 1.29 is 0 Å². The van der Waals surface area contributed by atoms with Gasteiger partial charge in [0, 0.05) is 59.5 Å². The Hall–Kier alpha value is -6.16. The van der Waals surface area contributed by atoms with E-state index in [1.54, 1.807) is 0 Å². The van der Waals surface area contributed by atoms with Crippen molar-refractivity contribution in [1.82, 2.24) is 4.57 Å². The summed E-state index contributed by atoms with van der Waals surface area (Å²) in [7, 11) is 0. The molecule has 7 aromatic carbocycles. The molecule has 0 N–H and O–H groups in total. The molecule has 1 aliphatic heterocycles. The van der Waals surface area contributed by atoms with Gasteiger partial charge in [-0.05, 0) is 83.3 Å². The van der Waals surface area contributed by atoms with Gasteiger partial charge in [-0.3, -0.25) is 0 Å². The van der Waals surface area contributed by atoms with Gasteiger partial charge in [0.25, 0.3) is 0 Å². The molecule has 240 valence electrons. The van der Waals surface area contributed by atoms with Crippen molar-refractivity contribution in [3.63, 3.8) is 0 Å². The first-order valence-electron chi connectivity index (χ1n) is 17.7. The number of anilines is 2. The first-order valence-corrected chi connectivity index (χ1v) is 18.5. The van der Waals surface area contributed by atoms with Crippen LogP contribution in [0.25, 0.3) is 69.9 Å². The fraction of sp³-hybridized carbons (Fsp3) is 0.0417. The molecule has 2 nitrogen and oxygen atoms in total. The van der Waals surface area contributed by atoms with E-state index in [-0.39, 0.29) is 0 Å². The predicted octanol–water partition coefficient (Wildman–Crippen LogP) is 13.6. The summed E-state index contributed by atoms with van der Waals surface area (Å²) < 4.78 is 5.16. The second kappa shape index (κ2) is 11.2. The molecule has 51 heavy (non-hydrogen) atoms. The molecule has 0 radical (unpaired) electrons. The monoisotopic (exact) mass is 668 g/mol. The second-order valence-electron chi connectivity index (χ2n) is 13.6. The maximum atomic E-state index is 2.51. The van der Waals surface area contributed by atoms with Gasteiger partial charge in [-0.25, -0.2) is 0 Å². The number of hydrogen-bond donors (Lipinski definition) is 0. The van der Waals surface area contributed by atoms with Gasteiger partial charge in [0.2, 0.25) is 0 Å². The van der Waals surface area contributed by atoms with Crippen LogP contribution in [0, 0.1) is 0 Å². The Kier molecular flexibility index (Phi) is 6.28. The molecule has 0 fully saturated rings. The summed E-state index contributed by atoms with van der Waals surface area (Å²) in [6.07, 6.45) is 7.91. The third-order valence-corrected chi connectivity index (χ3v) is 12.2. The smallest absolute Gasteiger partial charge is 0.0541 e. The highest BCUT2D eigenvalue weighted by molar-refractivity contribution is 7.26. The van der Waals surface area contributed by atoms with Gasteiger partial charge >= 0.3 is 0 Å². The SMILES string of the molecule is C1=CCC2C(=C1)N(c1ccc(-c3ccc4c(c3)c3ccccc3n4-c3ccccc3)cc1)c1ccc3c(sc4c(-c5ccccc5)cccc43)c12. The summed E-state index contributed by atoms with van der Waals surface area (Å²) in [6.45, 7) is 0. The Balaban J connectivity index is 1.02. The predicted molar refractivity (Wildman–Crippen MR) is 218 cm³/mol. The molecule has 0 bridgehead atoms. The van der Waals surface area contributed by atoms with Crippen LogP contribution in [0.4, 0.5) is 11.4 Å². The molecule has 9 aromatic rings. The fourth-order valence-electron chi connectivity index (χ4n) is 8.60. The lowest BCUT2D eigenvalue weighted by atomic mass is 9.91. The van der Waals surface area contributed by atoms with E-state index in [1.807, 2.05) is 11.3 Å². The molecular formula is C48H32N2S. The lowest BCUT2D eigenvalue weighted by Gasteiger charge is -2.24. The normalized spacial score (nSPS) is 15.2. The number of fused-ring (bicyclic) bond motifs is 10. The molecule has 1 unspecified atom stereocenters. The maximum absolute atomic E-state index is 2.51. The Bertz CT molecular complexity index is 2870. The van der Waals surface area contributed by atoms with Gasteiger partial charge in [-0.15, -0.1) is 11.3 Å². The number of allylic oxidation sites excluding steroid dienone is 4. The lowest BCUT2D eigenvalue weighted by molar-refractivity contribution is 0.826. The van der Waals surface area contributed by atoms with Gasteiger partial charge in [0.1, 0.15) is 0 Å². The van der Waals surface area contributed by atoms with Crippen LogP contribution in [0.3, 0.4) is 0 Å². The molecule has 1 atom stereocenters. The van der Waals surface area contributed by atoms with Crippen LogP contribution >= 0.6 is 11.3 Å². The van der Waals surface area contributed by atoms with Crippen LogP contribution in [0.2, 0.25) is 0 Å². The highest BCUT2D eigenvalue weighted by atomic mass is 32.1. The number of para-hydroxylation sites is 2. The van der Waals surface area contributed by atoms with E-state index >= 15 is 0 Å². The zero-order valence-electron chi connectivity index (χ0n) is 27.8. The number of thiophene rings is 1. The maximum Gasteiger partial charge on any atom is 0.0541 e. The minimum atomic E-state index is 0.339. The highest BCUT2D eigenvalue weighted by Crippen LogP contribution is 2.55. The van der Waals surface area contributed by atoms with Crippen LogP contribution < -0.4 is 4.90 Å². The average molecular weight is 669 g/mol. The van der Waals surface area contributed by atoms with Crippen LogP contribution in [0.1, 0.15) is 17.9 Å². The minimum Gasteiger partial charge on any atom is -0.313 e. The second-order valence-corrected chi connectivity index (χ2v) is 14.7. The quantitative estimate of drug-likeness (QED) is 0.181. The van der Waals surface area contributed by atoms with E-state index in [0.29, 0.717) is 5.92 Å². The average Bonchev–Trinajstić information content (AvgIpc) is 3.86. The topological polar surface area (TPSA) is 8.17 Å². The van der Waals surface area contributed by atoms with Gasteiger partial charge in [0.05, 0.1) is 16.7 Å². The van der Waals surface area contributed by atoms with Crippen LogP contribution in [-0.4, -0.2) is 4.57 Å². The molecule has 0 saturated carbocycles. The van der Waals surface area contributed by atoms with Crippen molar-refractivity contribution in [2.24, 2.45) is 0 Å². The van der Waals surface area contributed by atoms with E-state index in [0.717, 1.165) is 6.42 Å². The standard InChI is InChI=1S/C48H32N2S/c1-3-12-32(13-4-1)36-18-11-19-38-39-27-29-45-46(48(39)51-47(36)38)40-17-8-10-21-43(40)50(45)35-25-22-31(23-26-35)33-24-28-44-41(30-33)37-16-7-9-20-42(37)49(44)34-14-5-2-6-15-34/h1-16,18-30,40H,17H2. The summed E-state index contributed by atoms with van der Waals surface area (Å²) in [5, 5.41) is 5.26. The molecule has 0 spiro atoms. The van der Waals surface area contributed by atoms with E-state index in [1.165, 1.54) is 92.6 Å². The van der Waals surface area contributed by atoms with Crippen molar-refractivity contribution >= 4 is 64.7 Å². The summed E-state index contributed by atoms with van der Waals surface area (Å²) in [5.41, 5.74) is 14.0. The van der Waals surface area contributed by atoms with Crippen molar-refractivity contribution in [3.05, 3.63) is 187 Å². The molecule has 2 aromatic heterocycles. The number of rotatable bonds is 4. The molecule has 0 saturated heterocycles. The van der Waals surface area contributed by atoms with Crippen LogP contribution in [0.15, 0.2) is 182 Å². The van der Waals surface area contributed by atoms with Gasteiger partial charge in [-0.2, -0.15) is 0 Å². The lowest BCUT2D eigenvalue weighted by Crippen LogP contribution is -2.14. The molecule has 0 amide bonds. The largest absolute Gasteiger partial charge is 0.313 e. The van der Waals surface area contributed by atoms with E-state index in [4.69, 9.17) is 0 Å². The number of aromatic nitrogens is 1. The third-order valence-electron chi connectivity index (χ3n) is 10.9. The zero-order valence-corrected chi connectivity index (χ0v) is 28.6. The molecule has 2 aliphatic rings. The molecule has 3 heterocycles. The summed E-state index contributed by atoms with van der Waals surface area (Å²) >= 11 is 1.96. The molecule has 1 aliphatic carbocycles. The van der Waals surface area contributed by atoms with Crippen molar-refractivity contribution in [3.8, 4) is 27.9 Å². The molecular weight excluding hydrogens is 637 g/mol. The fourth-order valence-corrected chi connectivity index (χ4v) is 10.0. The van der Waals surface area contributed by atoms with Gasteiger partial charge < -0.3 is 9.47 Å². The first kappa shape index (κ1) is 28.7. The summed E-state index contributed by atoms with van der Waals surface area (Å²) in [6, 6.07) is 57.9. The Labute approximate surface area is 300 Å². The van der Waals surface area contributed by atoms with Gasteiger partial charge in [0.15, 0.2) is 0 Å². The Morgan fingerprint density at radius 2 is 1.24 bits per heavy atom. The zero-order chi connectivity index (χ0) is 33.5. The number of nitrogens with zero attached hydrogens (tertiary/aromatic N) is 2. The summed E-state index contributed by atoms with van der Waals surface area (Å²) in [4.78, 5) is 2.51. The minimum absolute atomic E-state index is 0.339. The third kappa shape index (κ3) is 4.28. The van der Waals surface area contributed by atoms with Crippen molar-refractivity contribution in [1.29, 1.82) is 0 Å². The molecule has 11 rings (SSSR count). The van der Waals surface area contributed by atoms with Crippen molar-refractivity contribution in [2.45, 2.75) is 12.3 Å². The first-order chi connectivity index (χ1) is 25.3.